The van der Waals surface area contributed by atoms with Crippen LogP contribution in [0.1, 0.15) is 53.1 Å². The molecule has 38 heavy (non-hydrogen) atoms. The third kappa shape index (κ3) is 5.04. The van der Waals surface area contributed by atoms with Gasteiger partial charge >= 0.3 is 0 Å². The molecule has 1 atom stereocenters. The van der Waals surface area contributed by atoms with Crippen LogP contribution >= 0.6 is 0 Å². The highest BCUT2D eigenvalue weighted by atomic mass is 19.1. The van der Waals surface area contributed by atoms with E-state index in [4.69, 9.17) is 4.52 Å². The maximum atomic E-state index is 13.8. The summed E-state index contributed by atoms with van der Waals surface area (Å²) in [5.74, 6) is 0.238. The Morgan fingerprint density at radius 1 is 1.03 bits per heavy atom. The molecule has 194 valence electrons. The Labute approximate surface area is 219 Å². The zero-order valence-electron chi connectivity index (χ0n) is 21.2. The van der Waals surface area contributed by atoms with E-state index < -0.39 is 5.41 Å². The highest BCUT2D eigenvalue weighted by Crippen LogP contribution is 2.37. The summed E-state index contributed by atoms with van der Waals surface area (Å²) in [5, 5.41) is 6.90. The molecule has 4 aromatic rings. The van der Waals surface area contributed by atoms with Gasteiger partial charge in [-0.25, -0.2) is 4.39 Å². The van der Waals surface area contributed by atoms with Crippen molar-refractivity contribution in [1.29, 1.82) is 0 Å². The fourth-order valence-electron chi connectivity index (χ4n) is 4.90. The van der Waals surface area contributed by atoms with Crippen LogP contribution in [0.3, 0.4) is 0 Å². The summed E-state index contributed by atoms with van der Waals surface area (Å²) in [6.45, 7) is 4.43. The Morgan fingerprint density at radius 2 is 1.74 bits per heavy atom. The second-order valence-corrected chi connectivity index (χ2v) is 9.57. The first-order valence-corrected chi connectivity index (χ1v) is 12.5. The molecular formula is C29H28FN5O3. The van der Waals surface area contributed by atoms with Crippen LogP contribution in [0, 0.1) is 12.7 Å². The summed E-state index contributed by atoms with van der Waals surface area (Å²) >= 11 is 0. The minimum Gasteiger partial charge on any atom is -0.349 e. The van der Waals surface area contributed by atoms with Crippen molar-refractivity contribution in [3.05, 3.63) is 101 Å². The van der Waals surface area contributed by atoms with Crippen molar-refractivity contribution in [2.24, 2.45) is 0 Å². The van der Waals surface area contributed by atoms with Crippen LogP contribution < -0.4 is 5.32 Å². The molecule has 1 N–H and O–H groups in total. The van der Waals surface area contributed by atoms with Gasteiger partial charge in [-0.1, -0.05) is 47.6 Å². The number of hydrogen-bond acceptors (Lipinski definition) is 6. The van der Waals surface area contributed by atoms with Crippen molar-refractivity contribution in [2.75, 3.05) is 13.1 Å². The molecule has 2 aromatic heterocycles. The zero-order chi connectivity index (χ0) is 26.7. The second kappa shape index (κ2) is 10.5. The van der Waals surface area contributed by atoms with Crippen molar-refractivity contribution in [3.63, 3.8) is 0 Å². The number of likely N-dealkylation sites (tertiary alicyclic amines) is 1. The van der Waals surface area contributed by atoms with Gasteiger partial charge in [-0.2, -0.15) is 4.98 Å². The monoisotopic (exact) mass is 513 g/mol. The van der Waals surface area contributed by atoms with Crippen LogP contribution in [-0.4, -0.2) is 44.9 Å². The van der Waals surface area contributed by atoms with Crippen LogP contribution in [0.25, 0.3) is 11.6 Å². The fraction of sp³-hybridized carbons (Fsp3) is 0.276. The standard InChI is InChI=1S/C29H28FN5O3/c1-19(21-8-11-24(30)12-9-21)32-28(37)29(23-6-4-3-5-7-23)14-16-35(17-15-29)27(36)22-10-13-25(31-18-22)26-33-20(2)34-38-26/h3-13,18-19H,14-17H2,1-2H3,(H,32,37). The minimum atomic E-state index is -0.787. The number of pyridine rings is 1. The summed E-state index contributed by atoms with van der Waals surface area (Å²) in [7, 11) is 0. The Balaban J connectivity index is 1.31. The first kappa shape index (κ1) is 25.3. The lowest BCUT2D eigenvalue weighted by molar-refractivity contribution is -0.129. The third-order valence-electron chi connectivity index (χ3n) is 7.14. The molecular weight excluding hydrogens is 485 g/mol. The van der Waals surface area contributed by atoms with Gasteiger partial charge in [0.05, 0.1) is 17.0 Å². The highest BCUT2D eigenvalue weighted by molar-refractivity contribution is 5.95. The van der Waals surface area contributed by atoms with Crippen molar-refractivity contribution in [2.45, 2.75) is 38.1 Å². The van der Waals surface area contributed by atoms with Gasteiger partial charge in [0.25, 0.3) is 11.8 Å². The lowest BCUT2D eigenvalue weighted by Gasteiger charge is -2.41. The quantitative estimate of drug-likeness (QED) is 0.403. The van der Waals surface area contributed by atoms with Gasteiger partial charge in [0.2, 0.25) is 5.91 Å². The van der Waals surface area contributed by atoms with E-state index >= 15 is 0 Å². The summed E-state index contributed by atoms with van der Waals surface area (Å²) in [6, 6.07) is 18.9. The highest BCUT2D eigenvalue weighted by Gasteiger charge is 2.44. The van der Waals surface area contributed by atoms with E-state index in [9.17, 15) is 14.0 Å². The average molecular weight is 514 g/mol. The van der Waals surface area contributed by atoms with Crippen LogP contribution in [0.2, 0.25) is 0 Å². The van der Waals surface area contributed by atoms with Gasteiger partial charge in [-0.05, 0) is 62.1 Å². The molecule has 1 aliphatic rings. The van der Waals surface area contributed by atoms with Gasteiger partial charge in [-0.15, -0.1) is 0 Å². The largest absolute Gasteiger partial charge is 0.349 e. The van der Waals surface area contributed by atoms with Crippen LogP contribution in [-0.2, 0) is 10.2 Å². The lowest BCUT2D eigenvalue weighted by atomic mass is 9.71. The summed E-state index contributed by atoms with van der Waals surface area (Å²) in [6.07, 6.45) is 2.45. The van der Waals surface area contributed by atoms with Crippen LogP contribution in [0.4, 0.5) is 4.39 Å². The lowest BCUT2D eigenvalue weighted by Crippen LogP contribution is -2.53. The van der Waals surface area contributed by atoms with E-state index in [1.807, 2.05) is 37.3 Å². The molecule has 1 fully saturated rings. The molecule has 0 spiro atoms. The van der Waals surface area contributed by atoms with Gasteiger partial charge in [0.1, 0.15) is 11.5 Å². The number of rotatable bonds is 6. The molecule has 5 rings (SSSR count). The number of piperidine rings is 1. The molecule has 0 bridgehead atoms. The number of carbonyl (C=O) groups excluding carboxylic acids is 2. The van der Waals surface area contributed by atoms with E-state index in [0.717, 1.165) is 11.1 Å². The van der Waals surface area contributed by atoms with Crippen LogP contribution in [0.5, 0.6) is 0 Å². The smallest absolute Gasteiger partial charge is 0.276 e. The molecule has 3 heterocycles. The van der Waals surface area contributed by atoms with Crippen LogP contribution in [0.15, 0.2) is 77.4 Å². The maximum absolute atomic E-state index is 13.8. The normalized spacial score (nSPS) is 15.6. The molecule has 8 nitrogen and oxygen atoms in total. The Hall–Kier alpha value is -4.40. The number of aromatic nitrogens is 3. The Kier molecular flexibility index (Phi) is 7.00. The van der Waals surface area contributed by atoms with Gasteiger partial charge in [0, 0.05) is 19.3 Å². The van der Waals surface area contributed by atoms with Gasteiger partial charge in [0.15, 0.2) is 5.82 Å². The third-order valence-corrected chi connectivity index (χ3v) is 7.14. The molecule has 2 amide bonds. The Bertz CT molecular complexity index is 1410. The number of amides is 2. The van der Waals surface area contributed by atoms with Gasteiger partial charge < -0.3 is 14.7 Å². The van der Waals surface area contributed by atoms with E-state index in [2.05, 4.69) is 20.4 Å². The number of aryl methyl sites for hydroxylation is 1. The number of nitrogens with one attached hydrogen (secondary N) is 1. The fourth-order valence-corrected chi connectivity index (χ4v) is 4.90. The average Bonchev–Trinajstić information content (AvgIpc) is 3.39. The number of carbonyl (C=O) groups is 2. The van der Waals surface area contributed by atoms with Crippen molar-refractivity contribution in [3.8, 4) is 11.6 Å². The first-order valence-electron chi connectivity index (χ1n) is 12.5. The van der Waals surface area contributed by atoms with Gasteiger partial charge in [-0.3, -0.25) is 14.6 Å². The topological polar surface area (TPSA) is 101 Å². The number of nitrogens with zero attached hydrogens (tertiary/aromatic N) is 4. The molecule has 1 saturated heterocycles. The summed E-state index contributed by atoms with van der Waals surface area (Å²) in [4.78, 5) is 37.3. The molecule has 0 saturated carbocycles. The second-order valence-electron chi connectivity index (χ2n) is 9.57. The van der Waals surface area contributed by atoms with E-state index in [-0.39, 0.29) is 23.7 Å². The molecule has 2 aromatic carbocycles. The predicted molar refractivity (Wildman–Crippen MR) is 138 cm³/mol. The van der Waals surface area contributed by atoms with E-state index in [1.54, 1.807) is 36.1 Å². The molecule has 1 unspecified atom stereocenters. The van der Waals surface area contributed by atoms with E-state index in [0.29, 0.717) is 48.9 Å². The van der Waals surface area contributed by atoms with E-state index in [1.165, 1.54) is 18.3 Å². The van der Waals surface area contributed by atoms with Crippen molar-refractivity contribution < 1.29 is 18.5 Å². The van der Waals surface area contributed by atoms with Crippen molar-refractivity contribution >= 4 is 11.8 Å². The SMILES string of the molecule is Cc1noc(-c2ccc(C(=O)N3CCC(C(=O)NC(C)c4ccc(F)cc4)(c4ccccc4)CC3)cn2)n1. The molecule has 0 aliphatic carbocycles. The minimum absolute atomic E-state index is 0.103. The number of hydrogen-bond donors (Lipinski definition) is 1. The molecule has 9 heteroatoms. The maximum Gasteiger partial charge on any atom is 0.276 e. The zero-order valence-corrected chi connectivity index (χ0v) is 21.2. The first-order chi connectivity index (χ1) is 18.4. The predicted octanol–water partition coefficient (Wildman–Crippen LogP) is 4.63. The Morgan fingerprint density at radius 3 is 2.34 bits per heavy atom. The molecule has 1 aliphatic heterocycles. The molecule has 0 radical (unpaired) electrons. The number of halogens is 1. The van der Waals surface area contributed by atoms with Crippen molar-refractivity contribution in [1.82, 2.24) is 25.3 Å². The summed E-state index contributed by atoms with van der Waals surface area (Å²) in [5.41, 5.74) is 1.89. The summed E-state index contributed by atoms with van der Waals surface area (Å²) < 4.78 is 18.5. The number of benzene rings is 2.